The quantitative estimate of drug-likeness (QED) is 0.239. The highest BCUT2D eigenvalue weighted by Gasteiger charge is 2.32. The van der Waals surface area contributed by atoms with E-state index in [4.69, 9.17) is 4.98 Å². The Hall–Kier alpha value is -4.89. The average Bonchev–Trinajstić information content (AvgIpc) is 3.69. The lowest BCUT2D eigenvalue weighted by atomic mass is 9.89. The van der Waals surface area contributed by atoms with Crippen LogP contribution in [0.4, 0.5) is 0 Å². The number of hydrogen-bond acceptors (Lipinski definition) is 3. The Morgan fingerprint density at radius 3 is 1.10 bits per heavy atom. The van der Waals surface area contributed by atoms with Crippen molar-refractivity contribution in [2.75, 3.05) is 0 Å². The molecule has 4 aromatic carbocycles. The first kappa shape index (κ1) is 24.2. The molecule has 0 fully saturated rings. The van der Waals surface area contributed by atoms with Crippen LogP contribution in [0.3, 0.4) is 0 Å². The summed E-state index contributed by atoms with van der Waals surface area (Å²) in [5, 5.41) is 7.64. The first-order chi connectivity index (χ1) is 19.8. The van der Waals surface area contributed by atoms with Gasteiger partial charge in [0.05, 0.1) is 34.9 Å². The molecule has 194 valence electrons. The van der Waals surface area contributed by atoms with E-state index >= 15 is 0 Å². The standard InChI is InChI=1S/C37H31N3/c1-5-14-26(15-6-1)30-24-34(39-36(30)28-18-9-3-10-19-28)32-22-13-23-33(38-32)35-25-31(27-16-7-2-8-17-27)37(40-35)29-20-11-4-12-21-29/h1-25,30-31,36-37,39-40H/t30-,31-,36-,37-/m0/s1. The molecule has 0 aliphatic carbocycles. The lowest BCUT2D eigenvalue weighted by molar-refractivity contribution is 0.608. The van der Waals surface area contributed by atoms with Crippen LogP contribution < -0.4 is 10.6 Å². The molecule has 40 heavy (non-hydrogen) atoms. The molecule has 2 aliphatic heterocycles. The van der Waals surface area contributed by atoms with Crippen LogP contribution in [0.25, 0.3) is 11.4 Å². The molecule has 0 saturated carbocycles. The van der Waals surface area contributed by atoms with Crippen LogP contribution in [0.5, 0.6) is 0 Å². The van der Waals surface area contributed by atoms with Crippen LogP contribution >= 0.6 is 0 Å². The monoisotopic (exact) mass is 517 g/mol. The summed E-state index contributed by atoms with van der Waals surface area (Å²) < 4.78 is 0. The summed E-state index contributed by atoms with van der Waals surface area (Å²) in [6, 6.07) is 49.5. The third-order valence-electron chi connectivity index (χ3n) is 8.02. The number of benzene rings is 4. The van der Waals surface area contributed by atoms with E-state index in [-0.39, 0.29) is 23.9 Å². The van der Waals surface area contributed by atoms with Gasteiger partial charge in [0.15, 0.2) is 0 Å². The smallest absolute Gasteiger partial charge is 0.0866 e. The van der Waals surface area contributed by atoms with Crippen LogP contribution in [0, 0.1) is 0 Å². The second kappa shape index (κ2) is 10.7. The first-order valence-corrected chi connectivity index (χ1v) is 14.0. The molecule has 4 atom stereocenters. The van der Waals surface area contributed by atoms with Gasteiger partial charge >= 0.3 is 0 Å². The molecule has 0 bridgehead atoms. The van der Waals surface area contributed by atoms with Crippen LogP contribution in [0.1, 0.15) is 57.6 Å². The lowest BCUT2D eigenvalue weighted by Crippen LogP contribution is -2.20. The van der Waals surface area contributed by atoms with E-state index in [0.29, 0.717) is 0 Å². The maximum Gasteiger partial charge on any atom is 0.0866 e. The number of hydrogen-bond donors (Lipinski definition) is 2. The fraction of sp³-hybridized carbons (Fsp3) is 0.108. The summed E-state index contributed by atoms with van der Waals surface area (Å²) in [7, 11) is 0. The van der Waals surface area contributed by atoms with Crippen molar-refractivity contribution in [2.45, 2.75) is 23.9 Å². The lowest BCUT2D eigenvalue weighted by Gasteiger charge is -2.22. The van der Waals surface area contributed by atoms with Crippen molar-refractivity contribution in [2.24, 2.45) is 0 Å². The van der Waals surface area contributed by atoms with Gasteiger partial charge in [0.25, 0.3) is 0 Å². The highest BCUT2D eigenvalue weighted by atomic mass is 15.0. The van der Waals surface area contributed by atoms with Crippen LogP contribution in [-0.4, -0.2) is 4.98 Å². The van der Waals surface area contributed by atoms with E-state index in [1.165, 1.54) is 22.3 Å². The molecule has 7 rings (SSSR count). The molecule has 2 aliphatic rings. The van der Waals surface area contributed by atoms with Gasteiger partial charge < -0.3 is 10.6 Å². The third-order valence-corrected chi connectivity index (χ3v) is 8.02. The van der Waals surface area contributed by atoms with Crippen molar-refractivity contribution < 1.29 is 0 Å². The summed E-state index contributed by atoms with van der Waals surface area (Å²) in [6.07, 6.45) is 4.68. The van der Waals surface area contributed by atoms with Crippen LogP contribution in [-0.2, 0) is 0 Å². The second-order valence-corrected chi connectivity index (χ2v) is 10.5. The Balaban J connectivity index is 1.23. The topological polar surface area (TPSA) is 37.0 Å². The highest BCUT2D eigenvalue weighted by molar-refractivity contribution is 5.71. The molecule has 2 N–H and O–H groups in total. The molecule has 3 heteroatoms. The molecule has 0 radical (unpaired) electrons. The molecule has 3 nitrogen and oxygen atoms in total. The molecule has 0 unspecified atom stereocenters. The predicted molar refractivity (Wildman–Crippen MR) is 163 cm³/mol. The van der Waals surface area contributed by atoms with E-state index in [1.54, 1.807) is 0 Å². The number of nitrogens with zero attached hydrogens (tertiary/aromatic N) is 1. The number of pyridine rings is 1. The largest absolute Gasteiger partial charge is 0.376 e. The Morgan fingerprint density at radius 2 is 0.725 bits per heavy atom. The van der Waals surface area contributed by atoms with Gasteiger partial charge in [0, 0.05) is 11.8 Å². The van der Waals surface area contributed by atoms with Gasteiger partial charge in [-0.05, 0) is 46.5 Å². The maximum atomic E-state index is 5.19. The summed E-state index contributed by atoms with van der Waals surface area (Å²) in [6.45, 7) is 0. The van der Waals surface area contributed by atoms with Gasteiger partial charge in [-0.15, -0.1) is 0 Å². The minimum Gasteiger partial charge on any atom is -0.376 e. The van der Waals surface area contributed by atoms with Crippen molar-refractivity contribution in [1.29, 1.82) is 0 Å². The fourth-order valence-electron chi connectivity index (χ4n) is 6.05. The van der Waals surface area contributed by atoms with Gasteiger partial charge in [-0.3, -0.25) is 0 Å². The fourth-order valence-corrected chi connectivity index (χ4v) is 6.05. The molecular formula is C37H31N3. The van der Waals surface area contributed by atoms with Crippen molar-refractivity contribution in [3.63, 3.8) is 0 Å². The summed E-state index contributed by atoms with van der Waals surface area (Å²) in [4.78, 5) is 5.19. The minimum atomic E-state index is 0.151. The first-order valence-electron chi connectivity index (χ1n) is 14.0. The Morgan fingerprint density at radius 1 is 0.375 bits per heavy atom. The molecule has 5 aromatic rings. The van der Waals surface area contributed by atoms with E-state index in [0.717, 1.165) is 22.8 Å². The van der Waals surface area contributed by atoms with E-state index in [9.17, 15) is 0 Å². The Kier molecular flexibility index (Phi) is 6.47. The van der Waals surface area contributed by atoms with Crippen molar-refractivity contribution >= 4 is 11.4 Å². The Bertz CT molecular complexity index is 1520. The Labute approximate surface area is 236 Å². The third kappa shape index (κ3) is 4.71. The molecule has 1 aromatic heterocycles. The zero-order chi connectivity index (χ0) is 26.7. The van der Waals surface area contributed by atoms with Crippen molar-refractivity contribution in [1.82, 2.24) is 15.6 Å². The van der Waals surface area contributed by atoms with Crippen LogP contribution in [0.2, 0.25) is 0 Å². The molecule has 0 spiro atoms. The molecule has 0 saturated heterocycles. The maximum absolute atomic E-state index is 5.19. The molecule has 0 amide bonds. The van der Waals surface area contributed by atoms with Crippen molar-refractivity contribution in [3.05, 3.63) is 185 Å². The van der Waals surface area contributed by atoms with Crippen molar-refractivity contribution in [3.8, 4) is 0 Å². The average molecular weight is 518 g/mol. The van der Waals surface area contributed by atoms with E-state index < -0.39 is 0 Å². The number of aromatic nitrogens is 1. The van der Waals surface area contributed by atoms with Gasteiger partial charge in [0.1, 0.15) is 0 Å². The van der Waals surface area contributed by atoms with Gasteiger partial charge in [0.2, 0.25) is 0 Å². The van der Waals surface area contributed by atoms with Gasteiger partial charge in [-0.1, -0.05) is 127 Å². The summed E-state index contributed by atoms with van der Waals surface area (Å²) in [5.74, 6) is 0.440. The zero-order valence-corrected chi connectivity index (χ0v) is 22.2. The minimum absolute atomic E-state index is 0.151. The number of nitrogens with one attached hydrogen (secondary N) is 2. The number of rotatable bonds is 6. The summed E-state index contributed by atoms with van der Waals surface area (Å²) >= 11 is 0. The predicted octanol–water partition coefficient (Wildman–Crippen LogP) is 8.02. The highest BCUT2D eigenvalue weighted by Crippen LogP contribution is 2.42. The van der Waals surface area contributed by atoms with E-state index in [1.807, 2.05) is 0 Å². The molecule has 3 heterocycles. The van der Waals surface area contributed by atoms with Gasteiger partial charge in [-0.25, -0.2) is 4.98 Å². The van der Waals surface area contributed by atoms with Crippen LogP contribution in [0.15, 0.2) is 152 Å². The SMILES string of the molecule is C1=C(c2cccc(C3=C[C@@H](c4ccccc4)[C@H](c4ccccc4)N3)n2)N[C@@H](c2ccccc2)[C@@H]1c1ccccc1. The normalized spacial score (nSPS) is 21.7. The van der Waals surface area contributed by atoms with Gasteiger partial charge in [-0.2, -0.15) is 0 Å². The summed E-state index contributed by atoms with van der Waals surface area (Å²) in [5.41, 5.74) is 9.20. The van der Waals surface area contributed by atoms with E-state index in [2.05, 4.69) is 162 Å². The molecular weight excluding hydrogens is 486 g/mol. The second-order valence-electron chi connectivity index (χ2n) is 10.5. The zero-order valence-electron chi connectivity index (χ0n) is 22.2.